The quantitative estimate of drug-likeness (QED) is 0.117. The third-order valence-electron chi connectivity index (χ3n) is 3.52. The molecule has 2 rings (SSSR count). The molecule has 212 valence electrons. The molecule has 2 amide bonds. The van der Waals surface area contributed by atoms with Gasteiger partial charge >= 0.3 is 11.9 Å². The highest BCUT2D eigenvalue weighted by Gasteiger charge is 2.16. The van der Waals surface area contributed by atoms with E-state index in [9.17, 15) is 24.3 Å². The van der Waals surface area contributed by atoms with Crippen LogP contribution in [0, 0.1) is 0 Å². The van der Waals surface area contributed by atoms with Gasteiger partial charge < -0.3 is 42.2 Å². The summed E-state index contributed by atoms with van der Waals surface area (Å²) in [6.07, 6.45) is -2.53. The van der Waals surface area contributed by atoms with Crippen molar-refractivity contribution in [3.8, 4) is 0 Å². The van der Waals surface area contributed by atoms with Gasteiger partial charge in [0.05, 0.1) is 20.8 Å². The number of rotatable bonds is 8. The number of hydrogen-bond donors (Lipinski definition) is 6. The van der Waals surface area contributed by atoms with Crippen LogP contribution >= 0.6 is 47.2 Å². The Kier molecular flexibility index (Phi) is 18.5. The van der Waals surface area contributed by atoms with Crippen LogP contribution in [-0.2, 0) is 19.1 Å². The minimum Gasteiger partial charge on any atom is -0.467 e. The van der Waals surface area contributed by atoms with Crippen molar-refractivity contribution >= 4 is 76.8 Å². The minimum atomic E-state index is -1.36. The van der Waals surface area contributed by atoms with E-state index in [1.807, 2.05) is 0 Å². The van der Waals surface area contributed by atoms with E-state index in [1.165, 1.54) is 19.2 Å². The van der Waals surface area contributed by atoms with Gasteiger partial charge in [-0.15, -0.1) is 12.4 Å². The molecule has 38 heavy (non-hydrogen) atoms. The van der Waals surface area contributed by atoms with E-state index in [2.05, 4.69) is 34.7 Å². The van der Waals surface area contributed by atoms with Crippen molar-refractivity contribution in [2.75, 3.05) is 32.6 Å². The highest BCUT2D eigenvalue weighted by atomic mass is 35.5. The van der Waals surface area contributed by atoms with Gasteiger partial charge in [-0.05, 0) is 23.2 Å². The SMILES string of the molecule is COC(=O)[C@@H](O)CN.COC(=O)[C@@H](O)CNc1cc(C(N)=O)nc(Cl)n1.Cl.NC(=O)c1cc(Cl)nc(Cl)n1. The van der Waals surface area contributed by atoms with Crippen LogP contribution in [0.3, 0.4) is 0 Å². The summed E-state index contributed by atoms with van der Waals surface area (Å²) in [6, 6.07) is 2.49. The first-order valence-electron chi connectivity index (χ1n) is 9.55. The Morgan fingerprint density at radius 2 is 1.32 bits per heavy atom. The van der Waals surface area contributed by atoms with Crippen molar-refractivity contribution in [1.29, 1.82) is 0 Å². The van der Waals surface area contributed by atoms with Crippen LogP contribution in [0.5, 0.6) is 0 Å². The Morgan fingerprint density at radius 3 is 1.71 bits per heavy atom. The first-order valence-corrected chi connectivity index (χ1v) is 10.7. The summed E-state index contributed by atoms with van der Waals surface area (Å²) in [6.45, 7) is -0.245. The zero-order chi connectivity index (χ0) is 28.7. The van der Waals surface area contributed by atoms with Gasteiger partial charge in [0.2, 0.25) is 10.6 Å². The van der Waals surface area contributed by atoms with Crippen molar-refractivity contribution in [2.45, 2.75) is 12.2 Å². The maximum absolute atomic E-state index is 10.9. The maximum Gasteiger partial charge on any atom is 0.336 e. The Labute approximate surface area is 236 Å². The number of nitrogens with zero attached hydrogens (tertiary/aromatic N) is 4. The van der Waals surface area contributed by atoms with Crippen LogP contribution in [0.25, 0.3) is 0 Å². The number of aliphatic hydroxyl groups is 2. The van der Waals surface area contributed by atoms with Crippen molar-refractivity contribution < 1.29 is 38.9 Å². The fourth-order valence-electron chi connectivity index (χ4n) is 1.80. The van der Waals surface area contributed by atoms with Crippen molar-refractivity contribution in [2.24, 2.45) is 17.2 Å². The maximum atomic E-state index is 10.9. The first-order chi connectivity index (χ1) is 17.2. The molecule has 0 saturated carbocycles. The number of carbonyl (C=O) groups is 4. The van der Waals surface area contributed by atoms with Crippen LogP contribution in [-0.4, -0.2) is 93.4 Å². The van der Waals surface area contributed by atoms with Crippen LogP contribution in [0.2, 0.25) is 15.7 Å². The van der Waals surface area contributed by atoms with Gasteiger partial charge in [-0.3, -0.25) is 9.59 Å². The predicted octanol–water partition coefficient (Wildman–Crippen LogP) is -1.04. The number of nitrogens with two attached hydrogens (primary N) is 3. The van der Waals surface area contributed by atoms with E-state index in [0.29, 0.717) is 0 Å². The second-order valence-electron chi connectivity index (χ2n) is 6.18. The molecule has 0 spiro atoms. The van der Waals surface area contributed by atoms with E-state index >= 15 is 0 Å². The molecule has 9 N–H and O–H groups in total. The lowest BCUT2D eigenvalue weighted by molar-refractivity contribution is -0.150. The zero-order valence-corrected chi connectivity index (χ0v) is 22.7. The number of amides is 2. The zero-order valence-electron chi connectivity index (χ0n) is 19.6. The molecule has 0 aromatic carbocycles. The number of ether oxygens (including phenoxy) is 2. The normalized spacial score (nSPS) is 11.1. The minimum absolute atomic E-state index is 0. The van der Waals surface area contributed by atoms with Gasteiger partial charge in [0, 0.05) is 18.7 Å². The van der Waals surface area contributed by atoms with Crippen LogP contribution in [0.4, 0.5) is 5.82 Å². The number of primary amides is 2. The van der Waals surface area contributed by atoms with Crippen LogP contribution < -0.4 is 22.5 Å². The average Bonchev–Trinajstić information content (AvgIpc) is 2.85. The number of aromatic nitrogens is 4. The fraction of sp³-hybridized carbons (Fsp3) is 0.333. The second-order valence-corrected chi connectivity index (χ2v) is 7.24. The molecule has 0 aliphatic rings. The molecule has 0 saturated heterocycles. The Hall–Kier alpha value is -3.12. The van der Waals surface area contributed by atoms with Gasteiger partial charge in [-0.2, -0.15) is 0 Å². The first kappa shape index (κ1) is 37.0. The number of nitrogens with one attached hydrogen (secondary N) is 1. The lowest BCUT2D eigenvalue weighted by Crippen LogP contribution is -2.30. The third-order valence-corrected chi connectivity index (χ3v) is 4.05. The van der Waals surface area contributed by atoms with E-state index in [0.717, 1.165) is 7.11 Å². The van der Waals surface area contributed by atoms with Gasteiger partial charge in [0.1, 0.15) is 22.4 Å². The summed E-state index contributed by atoms with van der Waals surface area (Å²) in [4.78, 5) is 57.0. The number of hydrogen-bond acceptors (Lipinski definition) is 14. The Bertz CT molecular complexity index is 1080. The smallest absolute Gasteiger partial charge is 0.336 e. The molecular formula is C18H24Cl4N8O8. The average molecular weight is 622 g/mol. The molecular weight excluding hydrogens is 598 g/mol. The summed E-state index contributed by atoms with van der Waals surface area (Å²) in [5.41, 5.74) is 14.8. The monoisotopic (exact) mass is 620 g/mol. The number of carbonyl (C=O) groups excluding carboxylic acids is 4. The summed E-state index contributed by atoms with van der Waals surface area (Å²) in [5, 5.41) is 20.3. The second kappa shape index (κ2) is 19.0. The van der Waals surface area contributed by atoms with E-state index in [4.69, 9.17) is 57.1 Å². The molecule has 0 aliphatic carbocycles. The standard InChI is InChI=1S/C9H11ClN4O4.C5H3Cl2N3O.C4H9NO3.ClH/c1-18-8(17)5(15)3-12-6-2-4(7(11)16)13-9(10)14-6;6-3-1-2(4(8)11)9-5(7)10-3;1-8-4(7)3(6)2-5;/h2,5,15H,3H2,1H3,(H2,11,16)(H,12,13,14);1H,(H2,8,11);3,6H,2,5H2,1H3;1H/t5-;;3-;/m0.0./s1. The van der Waals surface area contributed by atoms with Crippen molar-refractivity contribution in [1.82, 2.24) is 19.9 Å². The number of aliphatic hydroxyl groups excluding tert-OH is 2. The molecule has 20 heteroatoms. The highest BCUT2D eigenvalue weighted by molar-refractivity contribution is 6.32. The van der Waals surface area contributed by atoms with Crippen LogP contribution in [0.1, 0.15) is 21.0 Å². The predicted molar refractivity (Wildman–Crippen MR) is 137 cm³/mol. The molecule has 2 atom stereocenters. The van der Waals surface area contributed by atoms with Crippen molar-refractivity contribution in [3.63, 3.8) is 0 Å². The molecule has 0 radical (unpaired) electrons. The largest absolute Gasteiger partial charge is 0.467 e. The van der Waals surface area contributed by atoms with Crippen LogP contribution in [0.15, 0.2) is 12.1 Å². The van der Waals surface area contributed by atoms with Crippen molar-refractivity contribution in [3.05, 3.63) is 39.2 Å². The van der Waals surface area contributed by atoms with Gasteiger partial charge in [-0.1, -0.05) is 11.6 Å². The lowest BCUT2D eigenvalue weighted by Gasteiger charge is -2.10. The molecule has 2 aromatic heterocycles. The molecule has 0 bridgehead atoms. The van der Waals surface area contributed by atoms with E-state index in [1.54, 1.807) is 0 Å². The molecule has 0 fully saturated rings. The lowest BCUT2D eigenvalue weighted by atomic mass is 10.3. The summed E-state index contributed by atoms with van der Waals surface area (Å²) in [5.74, 6) is -2.77. The Morgan fingerprint density at radius 1 is 0.868 bits per heavy atom. The number of anilines is 1. The molecule has 16 nitrogen and oxygen atoms in total. The molecule has 2 aromatic rings. The summed E-state index contributed by atoms with van der Waals surface area (Å²) >= 11 is 16.4. The molecule has 0 unspecified atom stereocenters. The van der Waals surface area contributed by atoms with Gasteiger partial charge in [0.15, 0.2) is 12.2 Å². The van der Waals surface area contributed by atoms with E-state index in [-0.39, 0.29) is 58.4 Å². The van der Waals surface area contributed by atoms with Gasteiger partial charge in [-0.25, -0.2) is 29.5 Å². The summed E-state index contributed by atoms with van der Waals surface area (Å²) in [7, 11) is 2.35. The number of methoxy groups -OCH3 is 2. The Balaban J connectivity index is 0. The van der Waals surface area contributed by atoms with E-state index < -0.39 is 36.0 Å². The number of esters is 2. The summed E-state index contributed by atoms with van der Waals surface area (Å²) < 4.78 is 8.46. The molecule has 0 aliphatic heterocycles. The number of halogens is 4. The highest BCUT2D eigenvalue weighted by Crippen LogP contribution is 2.11. The third kappa shape index (κ3) is 14.6. The molecule has 2 heterocycles. The topological polar surface area (TPSA) is 269 Å². The fourth-order valence-corrected chi connectivity index (χ4v) is 2.39. The van der Waals surface area contributed by atoms with Gasteiger partial charge in [0.25, 0.3) is 11.8 Å².